The predicted molar refractivity (Wildman–Crippen MR) is 89.2 cm³/mol. The molecule has 1 aromatic rings. The van der Waals surface area contributed by atoms with Gasteiger partial charge >= 0.3 is 0 Å². The molecule has 128 valence electrons. The lowest BCUT2D eigenvalue weighted by Gasteiger charge is -2.29. The Hall–Kier alpha value is -1.43. The Morgan fingerprint density at radius 1 is 1.22 bits per heavy atom. The predicted octanol–water partition coefficient (Wildman–Crippen LogP) is 1.52. The van der Waals surface area contributed by atoms with Crippen molar-refractivity contribution < 1.29 is 4.79 Å². The number of carbonyl (C=O) groups excluding carboxylic acids is 1. The zero-order valence-corrected chi connectivity index (χ0v) is 14.7. The summed E-state index contributed by atoms with van der Waals surface area (Å²) in [5, 5.41) is 8.93. The van der Waals surface area contributed by atoms with Crippen LogP contribution in [0.2, 0.25) is 0 Å². The number of likely N-dealkylation sites (tertiary alicyclic amines) is 1. The van der Waals surface area contributed by atoms with E-state index in [4.69, 9.17) is 0 Å². The van der Waals surface area contributed by atoms with Crippen molar-refractivity contribution >= 4 is 5.91 Å². The minimum Gasteiger partial charge on any atom is -0.340 e. The van der Waals surface area contributed by atoms with E-state index in [0.717, 1.165) is 44.2 Å². The van der Waals surface area contributed by atoms with Gasteiger partial charge in [0.05, 0.1) is 0 Å². The second-order valence-corrected chi connectivity index (χ2v) is 7.46. The van der Waals surface area contributed by atoms with Gasteiger partial charge in [0.25, 0.3) is 0 Å². The number of piperidine rings is 1. The van der Waals surface area contributed by atoms with Crippen molar-refractivity contribution in [3.63, 3.8) is 0 Å². The molecule has 6 heteroatoms. The van der Waals surface area contributed by atoms with Gasteiger partial charge in [-0.25, -0.2) is 0 Å². The van der Waals surface area contributed by atoms with Crippen molar-refractivity contribution in [2.45, 2.75) is 52.0 Å². The van der Waals surface area contributed by atoms with E-state index in [1.807, 2.05) is 4.90 Å². The van der Waals surface area contributed by atoms with Gasteiger partial charge in [-0.05, 0) is 32.4 Å². The van der Waals surface area contributed by atoms with Crippen LogP contribution in [0.5, 0.6) is 0 Å². The lowest BCUT2D eigenvalue weighted by atomic mass is 9.97. The summed E-state index contributed by atoms with van der Waals surface area (Å²) in [6.07, 6.45) is 3.88. The number of aromatic nitrogens is 3. The minimum atomic E-state index is 0.276. The molecule has 0 aliphatic carbocycles. The monoisotopic (exact) mass is 319 g/mol. The fourth-order valence-electron chi connectivity index (χ4n) is 3.75. The van der Waals surface area contributed by atoms with Crippen LogP contribution in [0.25, 0.3) is 0 Å². The molecule has 3 heterocycles. The van der Waals surface area contributed by atoms with Crippen LogP contribution >= 0.6 is 0 Å². The van der Waals surface area contributed by atoms with Gasteiger partial charge in [0.2, 0.25) is 5.91 Å². The van der Waals surface area contributed by atoms with Gasteiger partial charge in [0.15, 0.2) is 0 Å². The molecule has 0 unspecified atom stereocenters. The molecule has 0 saturated carbocycles. The number of carbonyl (C=O) groups is 1. The maximum absolute atomic E-state index is 12.3. The highest BCUT2D eigenvalue weighted by atomic mass is 16.2. The molecule has 1 saturated heterocycles. The number of nitrogens with zero attached hydrogens (tertiary/aromatic N) is 5. The first-order valence-electron chi connectivity index (χ1n) is 8.93. The first-order valence-corrected chi connectivity index (χ1v) is 8.93. The third-order valence-corrected chi connectivity index (χ3v) is 4.98. The van der Waals surface area contributed by atoms with Crippen LogP contribution < -0.4 is 0 Å². The maximum atomic E-state index is 12.3. The number of amides is 1. The largest absolute Gasteiger partial charge is 0.340 e. The van der Waals surface area contributed by atoms with Crippen LogP contribution in [0, 0.1) is 5.92 Å². The summed E-state index contributed by atoms with van der Waals surface area (Å²) >= 11 is 0. The molecular weight excluding hydrogens is 290 g/mol. The van der Waals surface area contributed by atoms with Gasteiger partial charge in [0, 0.05) is 44.9 Å². The van der Waals surface area contributed by atoms with E-state index in [1.54, 1.807) is 0 Å². The molecule has 2 aliphatic heterocycles. The molecule has 1 amide bonds. The quantitative estimate of drug-likeness (QED) is 0.847. The van der Waals surface area contributed by atoms with Gasteiger partial charge in [-0.2, -0.15) is 0 Å². The van der Waals surface area contributed by atoms with Gasteiger partial charge in [0.1, 0.15) is 11.6 Å². The van der Waals surface area contributed by atoms with E-state index >= 15 is 0 Å². The second kappa shape index (κ2) is 6.99. The Kier molecular flexibility index (Phi) is 4.99. The summed E-state index contributed by atoms with van der Waals surface area (Å²) in [6, 6.07) is 0. The van der Waals surface area contributed by atoms with Crippen LogP contribution in [-0.2, 0) is 17.8 Å². The van der Waals surface area contributed by atoms with E-state index in [1.165, 1.54) is 19.4 Å². The van der Waals surface area contributed by atoms with E-state index in [9.17, 15) is 4.79 Å². The molecule has 1 atom stereocenters. The summed E-state index contributed by atoms with van der Waals surface area (Å²) < 4.78 is 2.28. The third-order valence-electron chi connectivity index (χ3n) is 4.98. The number of hydrogen-bond donors (Lipinski definition) is 0. The van der Waals surface area contributed by atoms with Crippen LogP contribution in [0.3, 0.4) is 0 Å². The van der Waals surface area contributed by atoms with Gasteiger partial charge in [-0.1, -0.05) is 13.8 Å². The van der Waals surface area contributed by atoms with Crippen molar-refractivity contribution in [2.75, 3.05) is 33.2 Å². The first-order chi connectivity index (χ1) is 11.0. The maximum Gasteiger partial charge on any atom is 0.222 e. The fraction of sp³-hybridized carbons (Fsp3) is 0.824. The average molecular weight is 319 g/mol. The van der Waals surface area contributed by atoms with Crippen molar-refractivity contribution in [3.8, 4) is 0 Å². The summed E-state index contributed by atoms with van der Waals surface area (Å²) in [4.78, 5) is 16.7. The standard InChI is InChI=1S/C17H29N5O/c1-13(2)11-16(23)21-8-6-15-18-19-17(22(15)10-9-21)14-5-4-7-20(3)12-14/h13-14H,4-12H2,1-3H3/t14-/m0/s1. The Morgan fingerprint density at radius 3 is 2.78 bits per heavy atom. The third kappa shape index (κ3) is 3.74. The van der Waals surface area contributed by atoms with Crippen LogP contribution in [0.4, 0.5) is 0 Å². The molecule has 2 aliphatic rings. The van der Waals surface area contributed by atoms with Gasteiger partial charge in [-0.15, -0.1) is 10.2 Å². The number of rotatable bonds is 3. The zero-order chi connectivity index (χ0) is 16.4. The molecule has 0 spiro atoms. The van der Waals surface area contributed by atoms with E-state index < -0.39 is 0 Å². The number of fused-ring (bicyclic) bond motifs is 1. The van der Waals surface area contributed by atoms with E-state index in [2.05, 4.69) is 40.6 Å². The smallest absolute Gasteiger partial charge is 0.222 e. The lowest BCUT2D eigenvalue weighted by molar-refractivity contribution is -0.131. The second-order valence-electron chi connectivity index (χ2n) is 7.46. The SMILES string of the molecule is CC(C)CC(=O)N1CCc2nnc([C@H]3CCCN(C)C3)n2CC1. The zero-order valence-electron chi connectivity index (χ0n) is 14.7. The molecule has 6 nitrogen and oxygen atoms in total. The molecule has 23 heavy (non-hydrogen) atoms. The lowest BCUT2D eigenvalue weighted by Crippen LogP contribution is -2.35. The molecule has 3 rings (SSSR count). The first kappa shape index (κ1) is 16.4. The summed E-state index contributed by atoms with van der Waals surface area (Å²) in [5.41, 5.74) is 0. The minimum absolute atomic E-state index is 0.276. The molecule has 0 N–H and O–H groups in total. The summed E-state index contributed by atoms with van der Waals surface area (Å²) in [6.45, 7) is 8.83. The molecule has 1 aromatic heterocycles. The Bertz CT molecular complexity index is 553. The Balaban J connectivity index is 1.70. The van der Waals surface area contributed by atoms with E-state index in [-0.39, 0.29) is 5.91 Å². The fourth-order valence-corrected chi connectivity index (χ4v) is 3.75. The molecule has 0 radical (unpaired) electrons. The average Bonchev–Trinajstić information content (AvgIpc) is 2.78. The molecule has 1 fully saturated rings. The van der Waals surface area contributed by atoms with Crippen molar-refractivity contribution in [1.29, 1.82) is 0 Å². The van der Waals surface area contributed by atoms with Crippen LogP contribution in [-0.4, -0.2) is 63.7 Å². The molecule has 0 aromatic carbocycles. The van der Waals surface area contributed by atoms with Crippen molar-refractivity contribution in [1.82, 2.24) is 24.6 Å². The van der Waals surface area contributed by atoms with Gasteiger partial charge in [-0.3, -0.25) is 4.79 Å². The highest BCUT2D eigenvalue weighted by Crippen LogP contribution is 2.26. The number of likely N-dealkylation sites (N-methyl/N-ethyl adjacent to an activating group) is 1. The Labute approximate surface area is 138 Å². The Morgan fingerprint density at radius 2 is 2.04 bits per heavy atom. The summed E-state index contributed by atoms with van der Waals surface area (Å²) in [7, 11) is 2.18. The number of hydrogen-bond acceptors (Lipinski definition) is 4. The van der Waals surface area contributed by atoms with Crippen LogP contribution in [0.15, 0.2) is 0 Å². The van der Waals surface area contributed by atoms with Crippen molar-refractivity contribution in [3.05, 3.63) is 11.6 Å². The topological polar surface area (TPSA) is 54.3 Å². The summed E-state index contributed by atoms with van der Waals surface area (Å²) in [5.74, 6) is 3.35. The van der Waals surface area contributed by atoms with Crippen molar-refractivity contribution in [2.24, 2.45) is 5.92 Å². The van der Waals surface area contributed by atoms with Crippen LogP contribution in [0.1, 0.15) is 50.7 Å². The highest BCUT2D eigenvalue weighted by Gasteiger charge is 2.27. The molecule has 0 bridgehead atoms. The highest BCUT2D eigenvalue weighted by molar-refractivity contribution is 5.76. The van der Waals surface area contributed by atoms with E-state index in [0.29, 0.717) is 18.3 Å². The normalized spacial score (nSPS) is 23.0. The molecular formula is C17H29N5O. The van der Waals surface area contributed by atoms with Gasteiger partial charge < -0.3 is 14.4 Å².